The molecule has 2 atom stereocenters. The van der Waals surface area contributed by atoms with Crippen molar-refractivity contribution in [3.63, 3.8) is 0 Å². The van der Waals surface area contributed by atoms with E-state index in [1.165, 1.54) is 30.6 Å². The fraction of sp³-hybridized carbons (Fsp3) is 0.333. The predicted octanol–water partition coefficient (Wildman–Crippen LogP) is 4.31. The van der Waals surface area contributed by atoms with Crippen LogP contribution in [0.4, 0.5) is 4.39 Å². The van der Waals surface area contributed by atoms with Crippen LogP contribution in [-0.2, 0) is 14.3 Å². The van der Waals surface area contributed by atoms with E-state index in [4.69, 9.17) is 19.9 Å². The molecule has 1 N–H and O–H groups in total. The van der Waals surface area contributed by atoms with Crippen molar-refractivity contribution in [3.05, 3.63) is 61.9 Å². The number of esters is 1. The number of aliphatic imine (C=N–C) groups is 1. The van der Waals surface area contributed by atoms with Gasteiger partial charge in [0, 0.05) is 34.7 Å². The van der Waals surface area contributed by atoms with Crippen molar-refractivity contribution in [3.8, 4) is 0 Å². The summed E-state index contributed by atoms with van der Waals surface area (Å²) < 4.78 is 24.8. The Bertz CT molecular complexity index is 1090. The summed E-state index contributed by atoms with van der Waals surface area (Å²) >= 11 is 4.86. The average molecular weight is 507 g/mol. The molecule has 0 amide bonds. The first-order valence-corrected chi connectivity index (χ1v) is 11.3. The van der Waals surface area contributed by atoms with Crippen LogP contribution in [-0.4, -0.2) is 47.8 Å². The van der Waals surface area contributed by atoms with Gasteiger partial charge >= 0.3 is 5.97 Å². The van der Waals surface area contributed by atoms with Crippen LogP contribution in [0.5, 0.6) is 0 Å². The number of benzene rings is 1. The maximum Gasteiger partial charge on any atom is 0.338 e. The highest BCUT2D eigenvalue weighted by molar-refractivity contribution is 9.10. The SMILES string of the molecule is CCOC(=O)C1=C2CC(C(=N)OC)CN2C(c2nccs2)=NC1c1ccc(F)cc1Br. The van der Waals surface area contributed by atoms with E-state index in [9.17, 15) is 9.18 Å². The third-order valence-electron chi connectivity index (χ3n) is 5.23. The van der Waals surface area contributed by atoms with Gasteiger partial charge in [-0.25, -0.2) is 14.2 Å². The minimum Gasteiger partial charge on any atom is -0.484 e. The number of aromatic nitrogens is 1. The molecule has 0 bridgehead atoms. The van der Waals surface area contributed by atoms with Crippen LogP contribution in [0.15, 0.2) is 50.5 Å². The van der Waals surface area contributed by atoms with Gasteiger partial charge in [0.25, 0.3) is 0 Å². The Labute approximate surface area is 191 Å². The number of fused-ring (bicyclic) bond motifs is 1. The van der Waals surface area contributed by atoms with Gasteiger partial charge in [-0.05, 0) is 24.6 Å². The summed E-state index contributed by atoms with van der Waals surface area (Å²) in [6.45, 7) is 2.41. The monoisotopic (exact) mass is 506 g/mol. The zero-order chi connectivity index (χ0) is 22.1. The third kappa shape index (κ3) is 4.01. The van der Waals surface area contributed by atoms with Gasteiger partial charge in [0.15, 0.2) is 16.7 Å². The smallest absolute Gasteiger partial charge is 0.338 e. The number of rotatable bonds is 5. The molecule has 0 saturated carbocycles. The lowest BCUT2D eigenvalue weighted by atomic mass is 9.94. The summed E-state index contributed by atoms with van der Waals surface area (Å²) in [6, 6.07) is 3.61. The topological polar surface area (TPSA) is 87.9 Å². The van der Waals surface area contributed by atoms with Gasteiger partial charge in [0.05, 0.1) is 25.2 Å². The standard InChI is InChI=1S/C21H20BrFN4O3S/c1-3-30-21(28)16-15-8-11(18(24)29-2)10-27(15)19(20-25-6-7-31-20)26-17(16)13-5-4-12(23)9-14(13)22/h4-7,9,11,17,24H,3,8,10H2,1-2H3. The number of carbonyl (C=O) groups excluding carboxylic acids is 1. The number of nitrogens with one attached hydrogen (secondary N) is 1. The molecule has 31 heavy (non-hydrogen) atoms. The van der Waals surface area contributed by atoms with Gasteiger partial charge in [-0.1, -0.05) is 22.0 Å². The van der Waals surface area contributed by atoms with Gasteiger partial charge in [0.1, 0.15) is 11.9 Å². The number of allylic oxidation sites excluding steroid dienone is 1. The molecule has 0 spiro atoms. The quantitative estimate of drug-likeness (QED) is 0.370. The Morgan fingerprint density at radius 1 is 1.45 bits per heavy atom. The molecule has 1 fully saturated rings. The number of methoxy groups -OCH3 is 1. The lowest BCUT2D eigenvalue weighted by Crippen LogP contribution is -2.36. The Balaban J connectivity index is 1.91. The molecule has 3 heterocycles. The van der Waals surface area contributed by atoms with E-state index in [0.717, 1.165) is 5.70 Å². The largest absolute Gasteiger partial charge is 0.484 e. The summed E-state index contributed by atoms with van der Waals surface area (Å²) in [4.78, 5) is 24.3. The molecule has 162 valence electrons. The maximum absolute atomic E-state index is 13.8. The summed E-state index contributed by atoms with van der Waals surface area (Å²) in [5.41, 5.74) is 1.77. The van der Waals surface area contributed by atoms with Crippen LogP contribution in [0.2, 0.25) is 0 Å². The Morgan fingerprint density at radius 2 is 2.26 bits per heavy atom. The Hall–Kier alpha value is -2.59. The molecular weight excluding hydrogens is 487 g/mol. The van der Waals surface area contributed by atoms with Crippen LogP contribution in [0.3, 0.4) is 0 Å². The number of halogens is 2. The first kappa shape index (κ1) is 21.6. The van der Waals surface area contributed by atoms with Gasteiger partial charge in [-0.3, -0.25) is 10.4 Å². The Morgan fingerprint density at radius 3 is 2.90 bits per heavy atom. The van der Waals surface area contributed by atoms with Gasteiger partial charge in [0.2, 0.25) is 0 Å². The summed E-state index contributed by atoms with van der Waals surface area (Å²) in [6.07, 6.45) is 2.13. The van der Waals surface area contributed by atoms with Crippen molar-refractivity contribution in [2.24, 2.45) is 10.9 Å². The molecule has 2 unspecified atom stereocenters. The molecule has 2 aliphatic heterocycles. The Kier molecular flexibility index (Phi) is 6.19. The second-order valence-corrected chi connectivity index (χ2v) is 8.77. The van der Waals surface area contributed by atoms with Crippen LogP contribution in [0, 0.1) is 17.1 Å². The molecule has 1 saturated heterocycles. The molecule has 2 aromatic rings. The van der Waals surface area contributed by atoms with Crippen molar-refractivity contribution < 1.29 is 18.7 Å². The molecule has 0 aliphatic carbocycles. The van der Waals surface area contributed by atoms with E-state index in [0.29, 0.717) is 39.4 Å². The van der Waals surface area contributed by atoms with Crippen molar-refractivity contribution in [1.29, 1.82) is 5.41 Å². The molecule has 1 aromatic carbocycles. The van der Waals surface area contributed by atoms with Crippen molar-refractivity contribution in [1.82, 2.24) is 9.88 Å². The number of carbonyl (C=O) groups is 1. The predicted molar refractivity (Wildman–Crippen MR) is 119 cm³/mol. The van der Waals surface area contributed by atoms with Crippen molar-refractivity contribution in [2.45, 2.75) is 19.4 Å². The van der Waals surface area contributed by atoms with Gasteiger partial charge in [-0.15, -0.1) is 11.3 Å². The number of hydrogen-bond acceptors (Lipinski definition) is 8. The number of thiazole rings is 1. The van der Waals surface area contributed by atoms with E-state index in [1.54, 1.807) is 19.2 Å². The summed E-state index contributed by atoms with van der Waals surface area (Å²) in [5, 5.41) is 10.7. The van der Waals surface area contributed by atoms with E-state index < -0.39 is 17.8 Å². The van der Waals surface area contributed by atoms with E-state index >= 15 is 0 Å². The minimum atomic E-state index is -0.699. The maximum atomic E-state index is 13.8. The second-order valence-electron chi connectivity index (χ2n) is 7.02. The molecule has 0 radical (unpaired) electrons. The fourth-order valence-electron chi connectivity index (χ4n) is 3.86. The lowest BCUT2D eigenvalue weighted by molar-refractivity contribution is -0.139. The number of ether oxygens (including phenoxy) is 2. The molecule has 7 nitrogen and oxygen atoms in total. The zero-order valence-electron chi connectivity index (χ0n) is 16.9. The molecule has 1 aromatic heterocycles. The highest BCUT2D eigenvalue weighted by Gasteiger charge is 2.43. The normalized spacial score (nSPS) is 20.4. The average Bonchev–Trinajstić information content (AvgIpc) is 3.42. The van der Waals surface area contributed by atoms with E-state index in [-0.39, 0.29) is 18.4 Å². The molecular formula is C21H20BrFN4O3S. The second kappa shape index (κ2) is 8.88. The highest BCUT2D eigenvalue weighted by Crippen LogP contribution is 2.44. The lowest BCUT2D eigenvalue weighted by Gasteiger charge is -2.31. The first-order valence-electron chi connectivity index (χ1n) is 9.67. The van der Waals surface area contributed by atoms with E-state index in [2.05, 4.69) is 20.9 Å². The van der Waals surface area contributed by atoms with Crippen molar-refractivity contribution in [2.75, 3.05) is 20.3 Å². The van der Waals surface area contributed by atoms with E-state index in [1.807, 2.05) is 10.3 Å². The molecule has 2 aliphatic rings. The highest BCUT2D eigenvalue weighted by atomic mass is 79.9. The summed E-state index contributed by atoms with van der Waals surface area (Å²) in [5.74, 6) is -0.342. The molecule has 4 rings (SSSR count). The minimum absolute atomic E-state index is 0.142. The van der Waals surface area contributed by atoms with Crippen molar-refractivity contribution >= 4 is 45.0 Å². The van der Waals surface area contributed by atoms with Gasteiger partial charge in [-0.2, -0.15) is 0 Å². The van der Waals surface area contributed by atoms with Gasteiger partial charge < -0.3 is 14.4 Å². The van der Waals surface area contributed by atoms with Crippen LogP contribution in [0.25, 0.3) is 0 Å². The first-order chi connectivity index (χ1) is 14.9. The summed E-state index contributed by atoms with van der Waals surface area (Å²) in [7, 11) is 1.47. The molecule has 10 heteroatoms. The van der Waals surface area contributed by atoms with Crippen LogP contribution >= 0.6 is 27.3 Å². The number of amidine groups is 1. The van der Waals surface area contributed by atoms with Crippen LogP contribution < -0.4 is 0 Å². The van der Waals surface area contributed by atoms with Crippen LogP contribution in [0.1, 0.15) is 30.0 Å². The zero-order valence-corrected chi connectivity index (χ0v) is 19.3. The fourth-order valence-corrected chi connectivity index (χ4v) is 5.06. The number of nitrogens with zero attached hydrogens (tertiary/aromatic N) is 3. The number of hydrogen-bond donors (Lipinski definition) is 1. The third-order valence-corrected chi connectivity index (χ3v) is 6.68.